The number of hydrogen-bond donors (Lipinski definition) is 4. The van der Waals surface area contributed by atoms with Gasteiger partial charge in [-0.05, 0) is 25.7 Å². The Morgan fingerprint density at radius 1 is 0.568 bits per heavy atom. The molecule has 242 valence electrons. The lowest BCUT2D eigenvalue weighted by atomic mass is 9.78. The summed E-state index contributed by atoms with van der Waals surface area (Å²) in [5.41, 5.74) is 0.214. The number of phenolic OH excluding ortho intramolecular Hbond substituents is 2. The van der Waals surface area contributed by atoms with Crippen molar-refractivity contribution in [2.45, 2.75) is 105 Å². The third-order valence-corrected chi connectivity index (χ3v) is 8.43. The van der Waals surface area contributed by atoms with Gasteiger partial charge in [-0.15, -0.1) is 0 Å². The number of anilines is 1. The molecular formula is C36H52N2O6. The van der Waals surface area contributed by atoms with Gasteiger partial charge in [-0.1, -0.05) is 79.1 Å². The molecule has 44 heavy (non-hydrogen) atoms. The van der Waals surface area contributed by atoms with Gasteiger partial charge in [-0.25, -0.2) is 0 Å². The number of aliphatic hydroxyl groups excluding tert-OH is 2. The van der Waals surface area contributed by atoms with Crippen LogP contribution in [0.25, 0.3) is 5.57 Å². The Morgan fingerprint density at radius 2 is 1.02 bits per heavy atom. The van der Waals surface area contributed by atoms with Gasteiger partial charge < -0.3 is 30.2 Å². The number of carbonyl (C=O) groups is 2. The van der Waals surface area contributed by atoms with Crippen LogP contribution in [0.15, 0.2) is 52.6 Å². The Hall–Kier alpha value is -3.68. The number of nitrogens with zero attached hydrogens (tertiary/aromatic N) is 2. The van der Waals surface area contributed by atoms with E-state index in [0.717, 1.165) is 103 Å². The van der Waals surface area contributed by atoms with Crippen LogP contribution in [0.5, 0.6) is 11.5 Å². The van der Waals surface area contributed by atoms with E-state index in [1.807, 2.05) is 0 Å². The predicted octanol–water partition coefficient (Wildman–Crippen LogP) is 8.02. The zero-order valence-electron chi connectivity index (χ0n) is 27.1. The second-order valence-corrected chi connectivity index (χ2v) is 11.9. The number of aromatic hydroxyl groups is 2. The van der Waals surface area contributed by atoms with E-state index < -0.39 is 17.3 Å². The molecule has 0 saturated carbocycles. The van der Waals surface area contributed by atoms with Crippen LogP contribution in [-0.2, 0) is 9.59 Å². The number of ketones is 2. The summed E-state index contributed by atoms with van der Waals surface area (Å²) >= 11 is 0. The number of allylic oxidation sites excluding steroid dienone is 5. The van der Waals surface area contributed by atoms with Gasteiger partial charge >= 0.3 is 0 Å². The van der Waals surface area contributed by atoms with E-state index in [1.165, 1.54) is 24.3 Å². The minimum Gasteiger partial charge on any atom is -0.507 e. The largest absolute Gasteiger partial charge is 0.507 e. The second-order valence-electron chi connectivity index (χ2n) is 11.9. The number of phenols is 2. The standard InChI is InChI=1S/C36H52N2O6/c1-5-9-13-17-37(18-14-10-6-2)25-21-27(39)31(28(40)22-25)33-35(43)34(36(33)44)32-29(41)23-26(24-30(32)42)38(19-15-11-7-3)20-16-12-8-4/h21-24,39-41,43H,5-20H2,1-4H3/b34-32+. The predicted molar refractivity (Wildman–Crippen MR) is 177 cm³/mol. The van der Waals surface area contributed by atoms with Crippen LogP contribution in [-0.4, -0.2) is 63.1 Å². The molecule has 0 unspecified atom stereocenters. The molecule has 4 N–H and O–H groups in total. The van der Waals surface area contributed by atoms with Crippen molar-refractivity contribution >= 4 is 22.8 Å². The molecule has 1 aromatic carbocycles. The number of carbonyl (C=O) groups excluding carboxylic acids is 2. The molecule has 0 amide bonds. The molecule has 0 saturated heterocycles. The highest BCUT2D eigenvalue weighted by Crippen LogP contribution is 2.47. The van der Waals surface area contributed by atoms with Gasteiger partial charge in [0.25, 0.3) is 0 Å². The zero-order chi connectivity index (χ0) is 32.2. The van der Waals surface area contributed by atoms with Gasteiger partial charge in [0.1, 0.15) is 23.0 Å². The van der Waals surface area contributed by atoms with Gasteiger partial charge in [0.15, 0.2) is 5.78 Å². The van der Waals surface area contributed by atoms with Crippen LogP contribution < -0.4 is 4.90 Å². The number of Topliss-reactive ketones (excluding diaryl/α,β-unsaturated/α-hetero) is 1. The SMILES string of the molecule is CCCCCN(CCCCC)C1=CC(=O)/C(=C2/C(=O)C(c3c(O)cc(N(CCCCC)CCCCC)cc3O)=C2O)C(O)=C1. The van der Waals surface area contributed by atoms with Gasteiger partial charge in [0, 0.05) is 61.8 Å². The maximum Gasteiger partial charge on any atom is 0.202 e. The first-order valence-electron chi connectivity index (χ1n) is 16.7. The van der Waals surface area contributed by atoms with Crippen molar-refractivity contribution in [3.05, 3.63) is 58.2 Å². The number of unbranched alkanes of at least 4 members (excludes halogenated alkanes) is 8. The van der Waals surface area contributed by atoms with Crippen molar-refractivity contribution in [1.82, 2.24) is 4.90 Å². The van der Waals surface area contributed by atoms with Crippen LogP contribution in [0.4, 0.5) is 5.69 Å². The van der Waals surface area contributed by atoms with E-state index in [2.05, 4.69) is 37.5 Å². The van der Waals surface area contributed by atoms with Crippen LogP contribution in [0, 0.1) is 0 Å². The maximum absolute atomic E-state index is 13.4. The Morgan fingerprint density at radius 3 is 1.43 bits per heavy atom. The molecule has 3 rings (SSSR count). The van der Waals surface area contributed by atoms with Gasteiger partial charge in [-0.2, -0.15) is 0 Å². The fraction of sp³-hybridized carbons (Fsp3) is 0.556. The first-order chi connectivity index (χ1) is 21.2. The summed E-state index contributed by atoms with van der Waals surface area (Å²) in [6.45, 7) is 11.6. The first kappa shape index (κ1) is 34.8. The number of hydrogen-bond acceptors (Lipinski definition) is 8. The molecule has 0 heterocycles. The van der Waals surface area contributed by atoms with Crippen molar-refractivity contribution in [2.75, 3.05) is 31.1 Å². The average Bonchev–Trinajstić information content (AvgIpc) is 2.99. The third-order valence-electron chi connectivity index (χ3n) is 8.43. The highest BCUT2D eigenvalue weighted by atomic mass is 16.3. The highest BCUT2D eigenvalue weighted by Gasteiger charge is 2.42. The molecule has 8 heteroatoms. The summed E-state index contributed by atoms with van der Waals surface area (Å²) in [4.78, 5) is 30.9. The Kier molecular flexibility index (Phi) is 13.4. The Labute approximate surface area is 263 Å². The van der Waals surface area contributed by atoms with Gasteiger partial charge in [-0.3, -0.25) is 9.59 Å². The minimum atomic E-state index is -0.716. The number of rotatable bonds is 19. The summed E-state index contributed by atoms with van der Waals surface area (Å²) in [5.74, 6) is -2.85. The van der Waals surface area contributed by atoms with E-state index in [4.69, 9.17) is 0 Å². The lowest BCUT2D eigenvalue weighted by Gasteiger charge is -2.30. The van der Waals surface area contributed by atoms with Crippen LogP contribution in [0.1, 0.15) is 110 Å². The van der Waals surface area contributed by atoms with Crippen LogP contribution >= 0.6 is 0 Å². The molecule has 8 nitrogen and oxygen atoms in total. The Balaban J connectivity index is 1.91. The van der Waals surface area contributed by atoms with E-state index in [1.54, 1.807) is 0 Å². The molecule has 0 fully saturated rings. The summed E-state index contributed by atoms with van der Waals surface area (Å²) in [6, 6.07) is 3.02. The lowest BCUT2D eigenvalue weighted by molar-refractivity contribution is -0.114. The van der Waals surface area contributed by atoms with Gasteiger partial charge in [0.2, 0.25) is 5.78 Å². The average molecular weight is 609 g/mol. The van der Waals surface area contributed by atoms with Crippen molar-refractivity contribution in [2.24, 2.45) is 0 Å². The summed E-state index contributed by atoms with van der Waals surface area (Å²) in [6.07, 6.45) is 15.3. The summed E-state index contributed by atoms with van der Waals surface area (Å²) in [5, 5.41) is 43.9. The maximum atomic E-state index is 13.4. The second kappa shape index (κ2) is 17.0. The summed E-state index contributed by atoms with van der Waals surface area (Å²) in [7, 11) is 0. The van der Waals surface area contributed by atoms with Crippen LogP contribution in [0.2, 0.25) is 0 Å². The Bertz CT molecular complexity index is 1260. The monoisotopic (exact) mass is 608 g/mol. The quantitative estimate of drug-likeness (QED) is 0.0920. The van der Waals surface area contributed by atoms with E-state index >= 15 is 0 Å². The summed E-state index contributed by atoms with van der Waals surface area (Å²) < 4.78 is 0. The zero-order valence-corrected chi connectivity index (χ0v) is 27.1. The molecular weight excluding hydrogens is 556 g/mol. The molecule has 0 aromatic heterocycles. The first-order valence-corrected chi connectivity index (χ1v) is 16.7. The number of benzene rings is 1. The highest BCUT2D eigenvalue weighted by molar-refractivity contribution is 6.42. The molecule has 0 aliphatic heterocycles. The lowest BCUT2D eigenvalue weighted by Crippen LogP contribution is -2.30. The molecule has 2 aliphatic carbocycles. The van der Waals surface area contributed by atoms with Crippen molar-refractivity contribution in [1.29, 1.82) is 0 Å². The van der Waals surface area contributed by atoms with Gasteiger partial charge in [0.05, 0.1) is 22.3 Å². The topological polar surface area (TPSA) is 122 Å². The molecule has 1 aromatic rings. The van der Waals surface area contributed by atoms with Crippen molar-refractivity contribution in [3.8, 4) is 11.5 Å². The smallest absolute Gasteiger partial charge is 0.202 e. The molecule has 2 aliphatic rings. The normalized spacial score (nSPS) is 16.6. The fourth-order valence-electron chi connectivity index (χ4n) is 5.87. The van der Waals surface area contributed by atoms with Crippen molar-refractivity contribution in [3.63, 3.8) is 0 Å². The van der Waals surface area contributed by atoms with E-state index in [9.17, 15) is 30.0 Å². The molecule has 0 atom stereocenters. The number of aliphatic hydroxyl groups is 2. The minimum absolute atomic E-state index is 0.177. The fourth-order valence-corrected chi connectivity index (χ4v) is 5.87. The van der Waals surface area contributed by atoms with Crippen LogP contribution in [0.3, 0.4) is 0 Å². The van der Waals surface area contributed by atoms with Crippen molar-refractivity contribution < 1.29 is 30.0 Å². The van der Waals surface area contributed by atoms with E-state index in [0.29, 0.717) is 11.4 Å². The molecule has 0 spiro atoms. The molecule has 0 bridgehead atoms. The third kappa shape index (κ3) is 8.27. The van der Waals surface area contributed by atoms with E-state index in [-0.39, 0.29) is 39.5 Å². The molecule has 0 radical (unpaired) electrons.